The van der Waals surface area contributed by atoms with Gasteiger partial charge in [0.15, 0.2) is 0 Å². The molecule has 0 unspecified atom stereocenters. The number of nitro benzene ring substituents is 1. The van der Waals surface area contributed by atoms with E-state index in [9.17, 15) is 10.1 Å². The molecule has 1 aliphatic rings. The third-order valence-electron chi connectivity index (χ3n) is 3.05. The van der Waals surface area contributed by atoms with E-state index in [1.807, 2.05) is 19.1 Å². The summed E-state index contributed by atoms with van der Waals surface area (Å²) < 4.78 is 0. The van der Waals surface area contributed by atoms with Gasteiger partial charge in [0.05, 0.1) is 16.2 Å². The van der Waals surface area contributed by atoms with Crippen molar-refractivity contribution in [3.8, 4) is 0 Å². The Balaban J connectivity index is 2.45. The molecular formula is C14H15N3O2. The van der Waals surface area contributed by atoms with E-state index in [1.54, 1.807) is 26.1 Å². The van der Waals surface area contributed by atoms with E-state index in [1.165, 1.54) is 0 Å². The number of aryl methyl sites for hydroxylation is 1. The van der Waals surface area contributed by atoms with Crippen LogP contribution in [0, 0.1) is 24.0 Å². The Morgan fingerprint density at radius 1 is 1.32 bits per heavy atom. The Kier molecular flexibility index (Phi) is 3.55. The predicted octanol–water partition coefficient (Wildman–Crippen LogP) is 3.66. The highest BCUT2D eigenvalue weighted by molar-refractivity contribution is 6.11. The van der Waals surface area contributed by atoms with Crippen molar-refractivity contribution in [2.75, 3.05) is 0 Å². The Morgan fingerprint density at radius 2 is 2.05 bits per heavy atom. The van der Waals surface area contributed by atoms with Gasteiger partial charge in [0.1, 0.15) is 0 Å². The minimum atomic E-state index is -0.349. The lowest BCUT2D eigenvalue weighted by molar-refractivity contribution is -0.386. The van der Waals surface area contributed by atoms with Crippen LogP contribution < -0.4 is 0 Å². The molecular weight excluding hydrogens is 242 g/mol. The SMILES string of the molecule is CC1=NC=CC(=Nc2ccc(C)c([N+](=O)[O-])c2C)C1. The van der Waals surface area contributed by atoms with Crippen LogP contribution in [0.2, 0.25) is 0 Å². The first-order valence-corrected chi connectivity index (χ1v) is 6.01. The third kappa shape index (κ3) is 2.76. The molecule has 1 heterocycles. The monoisotopic (exact) mass is 257 g/mol. The zero-order valence-corrected chi connectivity index (χ0v) is 11.2. The van der Waals surface area contributed by atoms with Gasteiger partial charge < -0.3 is 0 Å². The van der Waals surface area contributed by atoms with Gasteiger partial charge in [0.25, 0.3) is 5.69 Å². The van der Waals surface area contributed by atoms with Crippen LogP contribution in [0.15, 0.2) is 34.4 Å². The van der Waals surface area contributed by atoms with Crippen LogP contribution in [0.25, 0.3) is 0 Å². The number of aliphatic imine (C=N–C) groups is 2. The number of nitrogens with zero attached hydrogens (tertiary/aromatic N) is 3. The minimum absolute atomic E-state index is 0.145. The highest BCUT2D eigenvalue weighted by Gasteiger charge is 2.17. The van der Waals surface area contributed by atoms with Crippen molar-refractivity contribution < 1.29 is 4.92 Å². The molecule has 0 fully saturated rings. The van der Waals surface area contributed by atoms with Crippen LogP contribution in [-0.2, 0) is 0 Å². The van der Waals surface area contributed by atoms with Crippen LogP contribution in [0.3, 0.4) is 0 Å². The molecule has 1 aromatic carbocycles. The van der Waals surface area contributed by atoms with Crippen LogP contribution in [0.5, 0.6) is 0 Å². The lowest BCUT2D eigenvalue weighted by Crippen LogP contribution is -2.05. The molecule has 0 aromatic heterocycles. The first kappa shape index (κ1) is 13.1. The van der Waals surface area contributed by atoms with Crippen molar-refractivity contribution in [2.24, 2.45) is 9.98 Å². The summed E-state index contributed by atoms with van der Waals surface area (Å²) in [7, 11) is 0. The molecule has 5 heteroatoms. The summed E-state index contributed by atoms with van der Waals surface area (Å²) in [6.07, 6.45) is 4.21. The summed E-state index contributed by atoms with van der Waals surface area (Å²) in [5.41, 5.74) is 3.90. The zero-order valence-electron chi connectivity index (χ0n) is 11.2. The lowest BCUT2D eigenvalue weighted by atomic mass is 10.1. The average Bonchev–Trinajstić information content (AvgIpc) is 2.32. The fourth-order valence-corrected chi connectivity index (χ4v) is 2.08. The lowest BCUT2D eigenvalue weighted by Gasteiger charge is -2.08. The van der Waals surface area contributed by atoms with Crippen molar-refractivity contribution in [3.63, 3.8) is 0 Å². The first-order valence-electron chi connectivity index (χ1n) is 6.01. The topological polar surface area (TPSA) is 67.9 Å². The summed E-state index contributed by atoms with van der Waals surface area (Å²) in [5, 5.41) is 11.1. The summed E-state index contributed by atoms with van der Waals surface area (Å²) in [5.74, 6) is 0. The molecule has 0 aliphatic carbocycles. The third-order valence-corrected chi connectivity index (χ3v) is 3.05. The smallest absolute Gasteiger partial charge is 0.266 e. The van der Waals surface area contributed by atoms with Crippen molar-refractivity contribution in [1.29, 1.82) is 0 Å². The Labute approximate surface area is 111 Å². The van der Waals surface area contributed by atoms with E-state index >= 15 is 0 Å². The maximum absolute atomic E-state index is 11.1. The molecule has 0 amide bonds. The maximum atomic E-state index is 11.1. The zero-order chi connectivity index (χ0) is 14.0. The molecule has 0 spiro atoms. The van der Waals surface area contributed by atoms with Gasteiger partial charge in [-0.2, -0.15) is 0 Å². The average molecular weight is 257 g/mol. The molecule has 1 aromatic rings. The molecule has 0 saturated carbocycles. The second kappa shape index (κ2) is 5.14. The summed E-state index contributed by atoms with van der Waals surface area (Å²) in [6.45, 7) is 5.40. The van der Waals surface area contributed by atoms with Gasteiger partial charge in [-0.1, -0.05) is 6.07 Å². The molecule has 19 heavy (non-hydrogen) atoms. The highest BCUT2D eigenvalue weighted by Crippen LogP contribution is 2.31. The predicted molar refractivity (Wildman–Crippen MR) is 76.5 cm³/mol. The van der Waals surface area contributed by atoms with E-state index in [2.05, 4.69) is 9.98 Å². The summed E-state index contributed by atoms with van der Waals surface area (Å²) in [6, 6.07) is 3.55. The van der Waals surface area contributed by atoms with E-state index in [0.717, 1.165) is 11.4 Å². The second-order valence-corrected chi connectivity index (χ2v) is 4.59. The second-order valence-electron chi connectivity index (χ2n) is 4.59. The summed E-state index contributed by atoms with van der Waals surface area (Å²) in [4.78, 5) is 19.4. The van der Waals surface area contributed by atoms with E-state index < -0.39 is 0 Å². The van der Waals surface area contributed by atoms with Gasteiger partial charge in [-0.3, -0.25) is 20.1 Å². The van der Waals surface area contributed by atoms with Gasteiger partial charge in [-0.05, 0) is 32.9 Å². The molecule has 98 valence electrons. The molecule has 0 saturated heterocycles. The number of nitro groups is 1. The highest BCUT2D eigenvalue weighted by atomic mass is 16.6. The minimum Gasteiger partial charge on any atom is -0.266 e. The molecule has 1 aliphatic heterocycles. The normalized spacial score (nSPS) is 16.6. The van der Waals surface area contributed by atoms with Crippen LogP contribution >= 0.6 is 0 Å². The van der Waals surface area contributed by atoms with E-state index in [0.29, 0.717) is 23.2 Å². The fourth-order valence-electron chi connectivity index (χ4n) is 2.08. The fraction of sp³-hybridized carbons (Fsp3) is 0.286. The van der Waals surface area contributed by atoms with Gasteiger partial charge in [-0.25, -0.2) is 0 Å². The van der Waals surface area contributed by atoms with E-state index in [4.69, 9.17) is 0 Å². The number of hydrogen-bond acceptors (Lipinski definition) is 4. The van der Waals surface area contributed by atoms with Crippen molar-refractivity contribution in [3.05, 3.63) is 45.6 Å². The maximum Gasteiger partial charge on any atom is 0.277 e. The molecule has 5 nitrogen and oxygen atoms in total. The molecule has 0 N–H and O–H groups in total. The van der Waals surface area contributed by atoms with Crippen LogP contribution in [-0.4, -0.2) is 16.3 Å². The Hall–Kier alpha value is -2.30. The van der Waals surface area contributed by atoms with Crippen molar-refractivity contribution >= 4 is 22.8 Å². The Morgan fingerprint density at radius 3 is 2.68 bits per heavy atom. The van der Waals surface area contributed by atoms with Gasteiger partial charge in [-0.15, -0.1) is 0 Å². The Bertz CT molecular complexity index is 628. The van der Waals surface area contributed by atoms with Gasteiger partial charge in [0.2, 0.25) is 0 Å². The molecule has 0 atom stereocenters. The van der Waals surface area contributed by atoms with Crippen LogP contribution in [0.4, 0.5) is 11.4 Å². The first-order chi connectivity index (χ1) is 8.99. The van der Waals surface area contributed by atoms with Gasteiger partial charge >= 0.3 is 0 Å². The van der Waals surface area contributed by atoms with Crippen molar-refractivity contribution in [2.45, 2.75) is 27.2 Å². The largest absolute Gasteiger partial charge is 0.277 e. The number of hydrogen-bond donors (Lipinski definition) is 0. The number of rotatable bonds is 2. The summed E-state index contributed by atoms with van der Waals surface area (Å²) >= 11 is 0. The van der Waals surface area contributed by atoms with E-state index in [-0.39, 0.29) is 10.6 Å². The standard InChI is InChI=1S/C14H15N3O2/c1-9-4-5-13(11(3)14(9)17(18)19)16-12-6-7-15-10(2)8-12/h4-7H,8H2,1-3H3. The van der Waals surface area contributed by atoms with Crippen molar-refractivity contribution in [1.82, 2.24) is 0 Å². The number of benzene rings is 1. The number of allylic oxidation sites excluding steroid dienone is 1. The molecule has 2 rings (SSSR count). The molecule has 0 radical (unpaired) electrons. The van der Waals surface area contributed by atoms with Crippen LogP contribution in [0.1, 0.15) is 24.5 Å². The van der Waals surface area contributed by atoms with Gasteiger partial charge in [0, 0.05) is 29.6 Å². The quantitative estimate of drug-likeness (QED) is 0.599. The molecule has 0 bridgehead atoms.